The molecule has 0 heterocycles. The zero-order valence-corrected chi connectivity index (χ0v) is 13.2. The Kier molecular flexibility index (Phi) is 3.35. The highest BCUT2D eigenvalue weighted by molar-refractivity contribution is 5.97. The number of esters is 1. The van der Waals surface area contributed by atoms with Crippen molar-refractivity contribution in [2.45, 2.75) is 13.0 Å². The lowest BCUT2D eigenvalue weighted by Gasteiger charge is -2.25. The smallest absolute Gasteiger partial charge is 0.339 e. The van der Waals surface area contributed by atoms with E-state index in [-0.39, 0.29) is 5.75 Å². The number of carbonyl (C=O) groups excluding carboxylic acids is 1. The van der Waals surface area contributed by atoms with Crippen LogP contribution in [0.3, 0.4) is 0 Å². The number of aromatic hydroxyl groups is 1. The van der Waals surface area contributed by atoms with Crippen molar-refractivity contribution >= 4 is 22.8 Å². The van der Waals surface area contributed by atoms with Crippen molar-refractivity contribution in [2.75, 3.05) is 0 Å². The lowest BCUT2D eigenvalue weighted by molar-refractivity contribution is 0.0374. The number of carbonyl (C=O) groups is 1. The standard InChI is InChI=1S/C21H16O3/c1-13-12-16-6-2-4-14-5-3-7-18(19(14)16)20(13)24-21(23)15-8-10-17(22)11-9-15/h2-12,20,22H,1H3. The van der Waals surface area contributed by atoms with Gasteiger partial charge in [-0.05, 0) is 53.1 Å². The summed E-state index contributed by atoms with van der Waals surface area (Å²) in [6, 6.07) is 18.3. The molecular formula is C21H16O3. The number of phenols is 1. The number of hydrogen-bond acceptors (Lipinski definition) is 3. The minimum absolute atomic E-state index is 0.124. The number of ether oxygens (including phenoxy) is 1. The first-order chi connectivity index (χ1) is 11.6. The first-order valence-electron chi connectivity index (χ1n) is 7.83. The number of hydrogen-bond donors (Lipinski definition) is 1. The van der Waals surface area contributed by atoms with Gasteiger partial charge in [0.15, 0.2) is 0 Å². The molecular weight excluding hydrogens is 300 g/mol. The molecule has 0 saturated heterocycles. The summed E-state index contributed by atoms with van der Waals surface area (Å²) in [4.78, 5) is 12.5. The van der Waals surface area contributed by atoms with Gasteiger partial charge in [0.1, 0.15) is 11.9 Å². The Hall–Kier alpha value is -3.07. The molecule has 3 aromatic carbocycles. The quantitative estimate of drug-likeness (QED) is 0.687. The van der Waals surface area contributed by atoms with Gasteiger partial charge in [0.05, 0.1) is 5.56 Å². The normalized spacial score (nSPS) is 15.9. The van der Waals surface area contributed by atoms with Crippen LogP contribution in [0.2, 0.25) is 0 Å². The van der Waals surface area contributed by atoms with Crippen molar-refractivity contribution in [1.29, 1.82) is 0 Å². The van der Waals surface area contributed by atoms with Crippen LogP contribution < -0.4 is 0 Å². The summed E-state index contributed by atoms with van der Waals surface area (Å²) in [5.41, 5.74) is 3.58. The van der Waals surface area contributed by atoms with E-state index in [1.54, 1.807) is 12.1 Å². The van der Waals surface area contributed by atoms with Gasteiger partial charge in [-0.2, -0.15) is 0 Å². The first-order valence-corrected chi connectivity index (χ1v) is 7.83. The molecule has 3 aromatic rings. The van der Waals surface area contributed by atoms with Gasteiger partial charge < -0.3 is 9.84 Å². The van der Waals surface area contributed by atoms with E-state index in [0.29, 0.717) is 5.56 Å². The number of phenolic OH excluding ortho intramolecular Hbond substituents is 1. The van der Waals surface area contributed by atoms with Gasteiger partial charge in [0, 0.05) is 5.56 Å². The highest BCUT2D eigenvalue weighted by atomic mass is 16.5. The van der Waals surface area contributed by atoms with E-state index >= 15 is 0 Å². The first kappa shape index (κ1) is 14.5. The second-order valence-corrected chi connectivity index (χ2v) is 6.01. The van der Waals surface area contributed by atoms with Crippen LogP contribution in [0.25, 0.3) is 16.8 Å². The Morgan fingerprint density at radius 3 is 2.46 bits per heavy atom. The van der Waals surface area contributed by atoms with Crippen LogP contribution in [0.1, 0.15) is 34.5 Å². The Labute approximate surface area is 139 Å². The Balaban J connectivity index is 1.74. The van der Waals surface area contributed by atoms with Gasteiger partial charge >= 0.3 is 5.97 Å². The lowest BCUT2D eigenvalue weighted by atomic mass is 9.87. The van der Waals surface area contributed by atoms with Crippen LogP contribution in [0.5, 0.6) is 5.75 Å². The summed E-state index contributed by atoms with van der Waals surface area (Å²) >= 11 is 0. The third-order valence-corrected chi connectivity index (χ3v) is 4.38. The zero-order valence-electron chi connectivity index (χ0n) is 13.2. The van der Waals surface area contributed by atoms with E-state index in [4.69, 9.17) is 4.74 Å². The zero-order chi connectivity index (χ0) is 16.7. The summed E-state index contributed by atoms with van der Waals surface area (Å²) in [7, 11) is 0. The van der Waals surface area contributed by atoms with Gasteiger partial charge in [0.25, 0.3) is 0 Å². The summed E-state index contributed by atoms with van der Waals surface area (Å²) in [6.45, 7) is 1.98. The molecule has 1 unspecified atom stereocenters. The molecule has 0 radical (unpaired) electrons. The van der Waals surface area contributed by atoms with Gasteiger partial charge in [-0.1, -0.05) is 42.5 Å². The molecule has 0 amide bonds. The highest BCUT2D eigenvalue weighted by Gasteiger charge is 2.25. The summed E-state index contributed by atoms with van der Waals surface area (Å²) in [5, 5.41) is 11.6. The molecule has 1 aliphatic carbocycles. The Morgan fingerprint density at radius 1 is 1.00 bits per heavy atom. The molecule has 1 atom stereocenters. The molecule has 1 N–H and O–H groups in total. The third kappa shape index (κ3) is 2.35. The average Bonchev–Trinajstić information content (AvgIpc) is 2.59. The van der Waals surface area contributed by atoms with Crippen LogP contribution in [0.15, 0.2) is 66.2 Å². The fraction of sp³-hybridized carbons (Fsp3) is 0.0952. The van der Waals surface area contributed by atoms with Crippen LogP contribution in [0.4, 0.5) is 0 Å². The maximum absolute atomic E-state index is 12.5. The summed E-state index contributed by atoms with van der Waals surface area (Å²) < 4.78 is 5.79. The molecule has 0 aliphatic heterocycles. The number of benzene rings is 3. The topological polar surface area (TPSA) is 46.5 Å². The van der Waals surface area contributed by atoms with Gasteiger partial charge in [-0.25, -0.2) is 4.79 Å². The molecule has 118 valence electrons. The minimum Gasteiger partial charge on any atom is -0.508 e. The van der Waals surface area contributed by atoms with E-state index in [2.05, 4.69) is 24.3 Å². The third-order valence-electron chi connectivity index (χ3n) is 4.38. The van der Waals surface area contributed by atoms with E-state index in [1.807, 2.05) is 25.1 Å². The minimum atomic E-state index is -0.399. The van der Waals surface area contributed by atoms with Crippen molar-refractivity contribution in [3.63, 3.8) is 0 Å². The van der Waals surface area contributed by atoms with E-state index in [9.17, 15) is 9.90 Å². The second-order valence-electron chi connectivity index (χ2n) is 6.01. The summed E-state index contributed by atoms with van der Waals surface area (Å²) in [6.07, 6.45) is 1.68. The van der Waals surface area contributed by atoms with Crippen LogP contribution in [0, 0.1) is 0 Å². The molecule has 0 saturated carbocycles. The monoisotopic (exact) mass is 316 g/mol. The Morgan fingerprint density at radius 2 is 1.71 bits per heavy atom. The van der Waals surface area contributed by atoms with Gasteiger partial charge in [0.2, 0.25) is 0 Å². The van der Waals surface area contributed by atoms with Crippen LogP contribution in [-0.2, 0) is 4.74 Å². The predicted octanol–water partition coefficient (Wildman–Crippen LogP) is 4.86. The Bertz CT molecular complexity index is 963. The molecule has 1 aliphatic rings. The second kappa shape index (κ2) is 5.53. The molecule has 3 nitrogen and oxygen atoms in total. The van der Waals surface area contributed by atoms with Crippen molar-refractivity contribution in [3.8, 4) is 5.75 Å². The van der Waals surface area contributed by atoms with Crippen molar-refractivity contribution < 1.29 is 14.6 Å². The van der Waals surface area contributed by atoms with Gasteiger partial charge in [-0.15, -0.1) is 0 Å². The van der Waals surface area contributed by atoms with E-state index < -0.39 is 12.1 Å². The fourth-order valence-electron chi connectivity index (χ4n) is 3.23. The fourth-order valence-corrected chi connectivity index (χ4v) is 3.23. The van der Waals surface area contributed by atoms with E-state index in [0.717, 1.165) is 27.5 Å². The van der Waals surface area contributed by atoms with Crippen molar-refractivity contribution in [1.82, 2.24) is 0 Å². The molecule has 3 heteroatoms. The number of rotatable bonds is 2. The summed E-state index contributed by atoms with van der Waals surface area (Å²) in [5.74, 6) is -0.275. The SMILES string of the molecule is CC1=Cc2cccc3cccc(c23)C1OC(=O)c1ccc(O)cc1. The van der Waals surface area contributed by atoms with Crippen LogP contribution >= 0.6 is 0 Å². The molecule has 4 rings (SSSR count). The van der Waals surface area contributed by atoms with E-state index in [1.165, 1.54) is 12.1 Å². The maximum Gasteiger partial charge on any atom is 0.339 e. The molecule has 0 aromatic heterocycles. The molecule has 0 bridgehead atoms. The van der Waals surface area contributed by atoms with Crippen LogP contribution in [-0.4, -0.2) is 11.1 Å². The molecule has 24 heavy (non-hydrogen) atoms. The lowest BCUT2D eigenvalue weighted by Crippen LogP contribution is -2.15. The van der Waals surface area contributed by atoms with Crippen molar-refractivity contribution in [3.05, 3.63) is 82.9 Å². The maximum atomic E-state index is 12.5. The predicted molar refractivity (Wildman–Crippen MR) is 93.9 cm³/mol. The molecule has 0 fully saturated rings. The molecule has 0 spiro atoms. The highest BCUT2D eigenvalue weighted by Crippen LogP contribution is 2.39. The van der Waals surface area contributed by atoms with Crippen molar-refractivity contribution in [2.24, 2.45) is 0 Å². The average molecular weight is 316 g/mol. The largest absolute Gasteiger partial charge is 0.508 e. The van der Waals surface area contributed by atoms with Gasteiger partial charge in [-0.3, -0.25) is 0 Å².